The molecule has 0 saturated carbocycles. The molecule has 0 bridgehead atoms. The summed E-state index contributed by atoms with van der Waals surface area (Å²) in [6.45, 7) is 2.22. The number of aliphatic hydroxyl groups is 2. The Morgan fingerprint density at radius 1 is 0.826 bits per heavy atom. The summed E-state index contributed by atoms with van der Waals surface area (Å²) in [7, 11) is 0. The molecule has 3 aromatic rings. The van der Waals surface area contributed by atoms with E-state index in [0.29, 0.717) is 6.54 Å². The maximum atomic E-state index is 9.40. The molecule has 0 fully saturated rings. The SMILES string of the molecule is CC(CO)(CO)NCc1cccc2c1ccc1ccccc12.Cl. The van der Waals surface area contributed by atoms with Crippen molar-refractivity contribution in [3.63, 3.8) is 0 Å². The van der Waals surface area contributed by atoms with Gasteiger partial charge in [0.25, 0.3) is 0 Å². The fourth-order valence-corrected chi connectivity index (χ4v) is 2.73. The molecule has 0 heterocycles. The number of hydrogen-bond acceptors (Lipinski definition) is 3. The van der Waals surface area contributed by atoms with E-state index in [0.717, 1.165) is 5.56 Å². The van der Waals surface area contributed by atoms with Crippen molar-refractivity contribution in [2.75, 3.05) is 13.2 Å². The summed E-state index contributed by atoms with van der Waals surface area (Å²) in [5.74, 6) is 0. The maximum Gasteiger partial charge on any atom is 0.0633 e. The van der Waals surface area contributed by atoms with Crippen LogP contribution in [0.5, 0.6) is 0 Å². The van der Waals surface area contributed by atoms with Gasteiger partial charge in [0.2, 0.25) is 0 Å². The van der Waals surface area contributed by atoms with Gasteiger partial charge < -0.3 is 15.5 Å². The van der Waals surface area contributed by atoms with Crippen LogP contribution in [-0.2, 0) is 6.54 Å². The number of aliphatic hydroxyl groups excluding tert-OH is 2. The average Bonchev–Trinajstić information content (AvgIpc) is 2.59. The van der Waals surface area contributed by atoms with E-state index < -0.39 is 5.54 Å². The molecule has 0 radical (unpaired) electrons. The number of halogens is 1. The Labute approximate surface area is 142 Å². The summed E-state index contributed by atoms with van der Waals surface area (Å²) in [5.41, 5.74) is 0.496. The van der Waals surface area contributed by atoms with Gasteiger partial charge in [-0.05, 0) is 34.0 Å². The third kappa shape index (κ3) is 3.48. The van der Waals surface area contributed by atoms with Gasteiger partial charge in [0.05, 0.1) is 18.8 Å². The van der Waals surface area contributed by atoms with E-state index >= 15 is 0 Å². The molecule has 3 aromatic carbocycles. The summed E-state index contributed by atoms with van der Waals surface area (Å²) in [6, 6.07) is 18.9. The normalized spacial score (nSPS) is 11.6. The molecule has 0 aliphatic rings. The Bertz CT molecular complexity index is 800. The van der Waals surface area contributed by atoms with E-state index in [2.05, 4.69) is 53.8 Å². The van der Waals surface area contributed by atoms with Gasteiger partial charge in [0.15, 0.2) is 0 Å². The van der Waals surface area contributed by atoms with Crippen molar-refractivity contribution in [2.24, 2.45) is 0 Å². The second-order valence-electron chi connectivity index (χ2n) is 6.03. The van der Waals surface area contributed by atoms with E-state index in [4.69, 9.17) is 0 Å². The van der Waals surface area contributed by atoms with Gasteiger partial charge in [0.1, 0.15) is 0 Å². The Hall–Kier alpha value is -1.65. The largest absolute Gasteiger partial charge is 0.394 e. The Balaban J connectivity index is 0.00000192. The molecule has 3 N–H and O–H groups in total. The molecule has 4 heteroatoms. The van der Waals surface area contributed by atoms with Crippen LogP contribution in [0.2, 0.25) is 0 Å². The molecule has 0 amide bonds. The molecule has 3 nitrogen and oxygen atoms in total. The minimum Gasteiger partial charge on any atom is -0.394 e. The molecule has 3 rings (SSSR count). The van der Waals surface area contributed by atoms with Crippen molar-refractivity contribution < 1.29 is 10.2 Å². The van der Waals surface area contributed by atoms with Gasteiger partial charge in [-0.1, -0.05) is 54.6 Å². The Morgan fingerprint density at radius 3 is 2.26 bits per heavy atom. The summed E-state index contributed by atoms with van der Waals surface area (Å²) in [5, 5.41) is 26.9. The van der Waals surface area contributed by atoms with Crippen LogP contribution >= 0.6 is 12.4 Å². The van der Waals surface area contributed by atoms with Crippen molar-refractivity contribution in [1.29, 1.82) is 0 Å². The average molecular weight is 332 g/mol. The Kier molecular flexibility index (Phi) is 5.60. The summed E-state index contributed by atoms with van der Waals surface area (Å²) < 4.78 is 0. The molecule has 0 atom stereocenters. The van der Waals surface area contributed by atoms with Crippen LogP contribution in [0.4, 0.5) is 0 Å². The van der Waals surface area contributed by atoms with Gasteiger partial charge in [-0.2, -0.15) is 0 Å². The van der Waals surface area contributed by atoms with Crippen molar-refractivity contribution in [2.45, 2.75) is 19.0 Å². The predicted octanol–water partition coefficient (Wildman–Crippen LogP) is 3.25. The lowest BCUT2D eigenvalue weighted by molar-refractivity contribution is 0.103. The predicted molar refractivity (Wildman–Crippen MR) is 98.1 cm³/mol. The first kappa shape index (κ1) is 17.7. The zero-order valence-corrected chi connectivity index (χ0v) is 13.9. The number of hydrogen-bond donors (Lipinski definition) is 3. The van der Waals surface area contributed by atoms with E-state index in [1.807, 2.05) is 13.0 Å². The quantitative estimate of drug-likeness (QED) is 0.629. The van der Waals surface area contributed by atoms with E-state index in [1.165, 1.54) is 21.5 Å². The Morgan fingerprint density at radius 2 is 1.52 bits per heavy atom. The summed E-state index contributed by atoms with van der Waals surface area (Å²) >= 11 is 0. The molecule has 0 aliphatic heterocycles. The molecular weight excluding hydrogens is 310 g/mol. The lowest BCUT2D eigenvalue weighted by Crippen LogP contribution is -2.48. The zero-order chi connectivity index (χ0) is 15.6. The standard InChI is InChI=1S/C19H21NO2.ClH/c1-19(12-21,13-22)20-11-15-6-4-8-18-16-7-3-2-5-14(16)9-10-17(15)18;/h2-10,20-22H,11-13H2,1H3;1H. The van der Waals surface area contributed by atoms with Gasteiger partial charge in [-0.3, -0.25) is 0 Å². The molecule has 23 heavy (non-hydrogen) atoms. The minimum absolute atomic E-state index is 0. The fraction of sp³-hybridized carbons (Fsp3) is 0.263. The number of rotatable bonds is 5. The number of nitrogens with one attached hydrogen (secondary N) is 1. The second kappa shape index (κ2) is 7.28. The third-order valence-electron chi connectivity index (χ3n) is 4.28. The molecule has 0 unspecified atom stereocenters. The van der Waals surface area contributed by atoms with Gasteiger partial charge in [0, 0.05) is 6.54 Å². The van der Waals surface area contributed by atoms with Crippen LogP contribution in [0, 0.1) is 0 Å². The lowest BCUT2D eigenvalue weighted by atomic mass is 9.97. The van der Waals surface area contributed by atoms with Crippen LogP contribution < -0.4 is 5.32 Å². The van der Waals surface area contributed by atoms with Crippen molar-refractivity contribution in [3.05, 3.63) is 60.2 Å². The molecule has 0 saturated heterocycles. The highest BCUT2D eigenvalue weighted by atomic mass is 35.5. The lowest BCUT2D eigenvalue weighted by Gasteiger charge is -2.26. The summed E-state index contributed by atoms with van der Waals surface area (Å²) in [6.07, 6.45) is 0. The van der Waals surface area contributed by atoms with Crippen LogP contribution in [0.1, 0.15) is 12.5 Å². The molecule has 0 aromatic heterocycles. The highest BCUT2D eigenvalue weighted by molar-refractivity contribution is 6.08. The molecule has 0 spiro atoms. The molecular formula is C19H22ClNO2. The van der Waals surface area contributed by atoms with Gasteiger partial charge >= 0.3 is 0 Å². The first-order valence-corrected chi connectivity index (χ1v) is 7.53. The number of fused-ring (bicyclic) bond motifs is 3. The fourth-order valence-electron chi connectivity index (χ4n) is 2.73. The van der Waals surface area contributed by atoms with Gasteiger partial charge in [-0.15, -0.1) is 12.4 Å². The van der Waals surface area contributed by atoms with E-state index in [9.17, 15) is 10.2 Å². The van der Waals surface area contributed by atoms with E-state index in [1.54, 1.807) is 0 Å². The first-order chi connectivity index (χ1) is 10.7. The van der Waals surface area contributed by atoms with Crippen LogP contribution in [-0.4, -0.2) is 29.0 Å². The third-order valence-corrected chi connectivity index (χ3v) is 4.28. The van der Waals surface area contributed by atoms with E-state index in [-0.39, 0.29) is 25.6 Å². The van der Waals surface area contributed by atoms with Crippen LogP contribution in [0.15, 0.2) is 54.6 Å². The minimum atomic E-state index is -0.668. The van der Waals surface area contributed by atoms with Crippen molar-refractivity contribution in [1.82, 2.24) is 5.32 Å². The first-order valence-electron chi connectivity index (χ1n) is 7.53. The van der Waals surface area contributed by atoms with Crippen molar-refractivity contribution >= 4 is 34.0 Å². The smallest absolute Gasteiger partial charge is 0.0633 e. The van der Waals surface area contributed by atoms with Gasteiger partial charge in [-0.25, -0.2) is 0 Å². The highest BCUT2D eigenvalue weighted by Gasteiger charge is 2.21. The number of benzene rings is 3. The van der Waals surface area contributed by atoms with Crippen LogP contribution in [0.3, 0.4) is 0 Å². The molecule has 122 valence electrons. The zero-order valence-electron chi connectivity index (χ0n) is 13.1. The topological polar surface area (TPSA) is 52.5 Å². The summed E-state index contributed by atoms with van der Waals surface area (Å²) in [4.78, 5) is 0. The van der Waals surface area contributed by atoms with Crippen LogP contribution in [0.25, 0.3) is 21.5 Å². The monoisotopic (exact) mass is 331 g/mol. The maximum absolute atomic E-state index is 9.40. The highest BCUT2D eigenvalue weighted by Crippen LogP contribution is 2.27. The second-order valence-corrected chi connectivity index (χ2v) is 6.03. The van der Waals surface area contributed by atoms with Crippen molar-refractivity contribution in [3.8, 4) is 0 Å². The molecule has 0 aliphatic carbocycles.